The van der Waals surface area contributed by atoms with Crippen LogP contribution in [0.4, 0.5) is 5.69 Å². The molecule has 1 amide bonds. The fourth-order valence-electron chi connectivity index (χ4n) is 2.78. The molecule has 1 saturated heterocycles. The number of benzene rings is 1. The van der Waals surface area contributed by atoms with Gasteiger partial charge in [0.05, 0.1) is 25.7 Å². The summed E-state index contributed by atoms with van der Waals surface area (Å²) in [6, 6.07) is 9.62. The van der Waals surface area contributed by atoms with Crippen LogP contribution in [-0.2, 0) is 9.53 Å². The van der Waals surface area contributed by atoms with Crippen molar-refractivity contribution in [3.05, 3.63) is 30.3 Å². The van der Waals surface area contributed by atoms with Crippen molar-refractivity contribution < 1.29 is 24.9 Å². The lowest BCUT2D eigenvalue weighted by atomic mass is 10.2. The van der Waals surface area contributed by atoms with E-state index in [0.717, 1.165) is 38.5 Å². The molecule has 0 saturated carbocycles. The average molecular weight is 323 g/mol. The number of ether oxygens (including phenoxy) is 1. The summed E-state index contributed by atoms with van der Waals surface area (Å²) >= 11 is 0. The van der Waals surface area contributed by atoms with Crippen molar-refractivity contribution in [1.82, 2.24) is 0 Å². The number of para-hydroxylation sites is 1. The third-order valence-corrected chi connectivity index (χ3v) is 4.10. The molecule has 0 bridgehead atoms. The number of nitrogens with one attached hydrogen (secondary N) is 2. The summed E-state index contributed by atoms with van der Waals surface area (Å²) < 4.78 is 5.32. The zero-order valence-electron chi connectivity index (χ0n) is 13.8. The first kappa shape index (κ1) is 17.9. The minimum absolute atomic E-state index is 0.00763. The number of anilines is 1. The van der Waals surface area contributed by atoms with Crippen LogP contribution < -0.4 is 15.5 Å². The maximum Gasteiger partial charge on any atom is 0.230 e. The second-order valence-electron chi connectivity index (χ2n) is 6.29. The highest BCUT2D eigenvalue weighted by atomic mass is 16.5. The van der Waals surface area contributed by atoms with E-state index in [9.17, 15) is 9.90 Å². The number of aliphatic hydroxyl groups excluding tert-OH is 1. The number of amides is 1. The number of aliphatic hydroxyl groups is 1. The van der Waals surface area contributed by atoms with Crippen molar-refractivity contribution >= 4 is 11.6 Å². The van der Waals surface area contributed by atoms with Crippen molar-refractivity contribution in [3.63, 3.8) is 0 Å². The molecule has 0 radical (unpaired) electrons. The van der Waals surface area contributed by atoms with Gasteiger partial charge in [-0.15, -0.1) is 0 Å². The highest BCUT2D eigenvalue weighted by molar-refractivity contribution is 5.90. The Bertz CT molecular complexity index is 463. The van der Waals surface area contributed by atoms with Crippen molar-refractivity contribution in [2.75, 3.05) is 44.7 Å². The predicted octanol–water partition coefficient (Wildman–Crippen LogP) is -1.76. The van der Waals surface area contributed by atoms with Gasteiger partial charge in [0.1, 0.15) is 26.2 Å². The molecule has 1 aliphatic rings. The van der Waals surface area contributed by atoms with Gasteiger partial charge in [0, 0.05) is 5.69 Å². The van der Waals surface area contributed by atoms with Gasteiger partial charge in [0.15, 0.2) is 6.10 Å². The van der Waals surface area contributed by atoms with Crippen LogP contribution in [0.25, 0.3) is 0 Å². The zero-order valence-corrected chi connectivity index (χ0v) is 13.8. The van der Waals surface area contributed by atoms with Gasteiger partial charge in [-0.1, -0.05) is 18.2 Å². The Kier molecular flexibility index (Phi) is 7.48. The topological polar surface area (TPSA) is 79.6 Å². The second-order valence-corrected chi connectivity index (χ2v) is 6.29. The highest BCUT2D eigenvalue weighted by Crippen LogP contribution is 2.05. The van der Waals surface area contributed by atoms with Crippen LogP contribution in [0.3, 0.4) is 0 Å². The molecule has 1 fully saturated rings. The molecule has 0 spiro atoms. The third kappa shape index (κ3) is 7.09. The van der Waals surface area contributed by atoms with Crippen LogP contribution in [0.5, 0.6) is 0 Å². The van der Waals surface area contributed by atoms with Gasteiger partial charge in [0.25, 0.3) is 0 Å². The number of nitrogens with two attached hydrogens (primary N) is 1. The molecule has 0 aromatic heterocycles. The van der Waals surface area contributed by atoms with Crippen LogP contribution in [0.15, 0.2) is 30.3 Å². The third-order valence-electron chi connectivity index (χ3n) is 4.10. The van der Waals surface area contributed by atoms with E-state index in [1.54, 1.807) is 0 Å². The Morgan fingerprint density at radius 1 is 1.35 bits per heavy atom. The van der Waals surface area contributed by atoms with E-state index >= 15 is 0 Å². The fraction of sp³-hybridized carbons (Fsp3) is 0.588. The maximum atomic E-state index is 12.0. The largest absolute Gasteiger partial charge is 0.382 e. The molecule has 2 rings (SSSR count). The molecule has 1 aliphatic heterocycles. The summed E-state index contributed by atoms with van der Waals surface area (Å²) in [6.07, 6.45) is 0.0918. The number of quaternary nitrogens is 2. The van der Waals surface area contributed by atoms with Gasteiger partial charge in [-0.05, 0) is 19.1 Å². The summed E-state index contributed by atoms with van der Waals surface area (Å²) in [7, 11) is 0. The highest BCUT2D eigenvalue weighted by Gasteiger charge is 2.20. The summed E-state index contributed by atoms with van der Waals surface area (Å²) in [4.78, 5) is 13.4. The molecule has 128 valence electrons. The molecule has 5 N–H and O–H groups in total. The number of hydrogen-bond acceptors (Lipinski definition) is 3. The van der Waals surface area contributed by atoms with E-state index in [4.69, 9.17) is 4.74 Å². The smallest absolute Gasteiger partial charge is 0.230 e. The number of carbonyl (C=O) groups excluding carboxylic acids is 1. The normalized spacial score (nSPS) is 18.3. The van der Waals surface area contributed by atoms with E-state index in [1.165, 1.54) is 4.90 Å². The lowest BCUT2D eigenvalue weighted by Crippen LogP contribution is -3.15. The van der Waals surface area contributed by atoms with Crippen LogP contribution in [-0.4, -0.2) is 62.6 Å². The van der Waals surface area contributed by atoms with E-state index in [2.05, 4.69) is 10.6 Å². The summed E-state index contributed by atoms with van der Waals surface area (Å²) in [5.41, 5.74) is 0.820. The fourth-order valence-corrected chi connectivity index (χ4v) is 2.78. The monoisotopic (exact) mass is 323 g/mol. The Morgan fingerprint density at radius 2 is 2.04 bits per heavy atom. The van der Waals surface area contributed by atoms with Crippen LogP contribution >= 0.6 is 0 Å². The predicted molar refractivity (Wildman–Crippen MR) is 88.3 cm³/mol. The van der Waals surface area contributed by atoms with Gasteiger partial charge in [-0.2, -0.15) is 0 Å². The number of carbonyl (C=O) groups is 1. The van der Waals surface area contributed by atoms with Crippen LogP contribution in [0, 0.1) is 0 Å². The summed E-state index contributed by atoms with van der Waals surface area (Å²) in [6.45, 7) is 6.88. The molecule has 0 aliphatic carbocycles. The molecule has 1 aromatic carbocycles. The molecule has 6 nitrogen and oxygen atoms in total. The molecule has 1 heterocycles. The molecule has 23 heavy (non-hydrogen) atoms. The zero-order chi connectivity index (χ0) is 16.5. The molecule has 0 unspecified atom stereocenters. The summed E-state index contributed by atoms with van der Waals surface area (Å²) in [5.74, 6) is 0.00763. The lowest BCUT2D eigenvalue weighted by Gasteiger charge is -2.25. The molecular weight excluding hydrogens is 294 g/mol. The van der Waals surface area contributed by atoms with Crippen LogP contribution in [0.2, 0.25) is 0 Å². The first-order valence-corrected chi connectivity index (χ1v) is 8.41. The first-order valence-electron chi connectivity index (χ1n) is 8.41. The number of hydrogen-bond donors (Lipinski definition) is 4. The van der Waals surface area contributed by atoms with E-state index in [-0.39, 0.29) is 18.1 Å². The number of morpholine rings is 1. The number of rotatable bonds is 8. The minimum Gasteiger partial charge on any atom is -0.382 e. The van der Waals surface area contributed by atoms with Gasteiger partial charge in [-0.25, -0.2) is 0 Å². The van der Waals surface area contributed by atoms with Gasteiger partial charge in [0.2, 0.25) is 5.91 Å². The van der Waals surface area contributed by atoms with Crippen molar-refractivity contribution in [1.29, 1.82) is 0 Å². The summed E-state index contributed by atoms with van der Waals surface area (Å²) in [5, 5.41) is 15.1. The quantitative estimate of drug-likeness (QED) is 0.458. The van der Waals surface area contributed by atoms with Crippen molar-refractivity contribution in [3.8, 4) is 0 Å². The Balaban J connectivity index is 1.61. The Labute approximate surface area is 137 Å². The lowest BCUT2D eigenvalue weighted by molar-refractivity contribution is -0.912. The van der Waals surface area contributed by atoms with Gasteiger partial charge < -0.3 is 25.4 Å². The van der Waals surface area contributed by atoms with E-state index < -0.39 is 0 Å². The maximum absolute atomic E-state index is 12.0. The first-order chi connectivity index (χ1) is 11.1. The van der Waals surface area contributed by atoms with Crippen molar-refractivity contribution in [2.45, 2.75) is 25.5 Å². The standard InChI is InChI=1S/C17H27N3O3/c1-14(11-17(22)19-15-5-3-2-4-6-15)18-12-16(21)13-20-7-9-23-10-8-20/h2-6,14,16,18,21H,7-13H2,1H3,(H,19,22)/p+2/t14-,16-/m0/s1. The van der Waals surface area contributed by atoms with E-state index in [0.29, 0.717) is 13.0 Å². The SMILES string of the molecule is C[C@@H](CC(=O)Nc1ccccc1)[NH2+]C[C@H](O)C[NH+]1CCOCC1. The van der Waals surface area contributed by atoms with Gasteiger partial charge in [-0.3, -0.25) is 4.79 Å². The molecule has 6 heteroatoms. The molecular formula is C17H29N3O3+2. The van der Waals surface area contributed by atoms with E-state index in [1.807, 2.05) is 37.3 Å². The minimum atomic E-state index is -0.345. The van der Waals surface area contributed by atoms with Gasteiger partial charge >= 0.3 is 0 Å². The Hall–Kier alpha value is -1.47. The Morgan fingerprint density at radius 3 is 2.74 bits per heavy atom. The second kappa shape index (κ2) is 9.62. The van der Waals surface area contributed by atoms with Crippen molar-refractivity contribution in [2.24, 2.45) is 0 Å². The molecule has 1 aromatic rings. The molecule has 2 atom stereocenters. The van der Waals surface area contributed by atoms with Crippen LogP contribution in [0.1, 0.15) is 13.3 Å². The average Bonchev–Trinajstić information content (AvgIpc) is 2.55.